The molecule has 0 aliphatic heterocycles. The van der Waals surface area contributed by atoms with Crippen molar-refractivity contribution in [3.05, 3.63) is 81.1 Å². The summed E-state index contributed by atoms with van der Waals surface area (Å²) in [5, 5.41) is 10.4. The van der Waals surface area contributed by atoms with Crippen LogP contribution in [0.4, 0.5) is 0 Å². The number of benzene rings is 1. The summed E-state index contributed by atoms with van der Waals surface area (Å²) in [5.74, 6) is 0.179. The highest BCUT2D eigenvalue weighted by Crippen LogP contribution is 2.24. The molecule has 0 amide bonds. The maximum Gasteiger partial charge on any atom is 0.351 e. The Morgan fingerprint density at radius 2 is 1.84 bits per heavy atom. The average Bonchev–Trinajstić information content (AvgIpc) is 3.01. The standard InChI is InChI=1S/C19H13ClO5/c1-11-10-16(22)18(19(23)24-11)15(21)8-6-14-7-9-17(25-14)12-2-4-13(20)5-3-12/h2-10,22H,1H3/b8-6+. The molecule has 0 radical (unpaired) electrons. The fraction of sp³-hybridized carbons (Fsp3) is 0.0526. The first-order valence-corrected chi connectivity index (χ1v) is 7.74. The maximum absolute atomic E-state index is 12.1. The third-order valence-corrected chi connectivity index (χ3v) is 3.71. The summed E-state index contributed by atoms with van der Waals surface area (Å²) >= 11 is 5.85. The first kappa shape index (κ1) is 16.8. The van der Waals surface area contributed by atoms with E-state index >= 15 is 0 Å². The van der Waals surface area contributed by atoms with Crippen molar-refractivity contribution in [2.45, 2.75) is 6.92 Å². The summed E-state index contributed by atoms with van der Waals surface area (Å²) in [7, 11) is 0. The minimum atomic E-state index is -0.881. The SMILES string of the molecule is Cc1cc(O)c(C(=O)/C=C/c2ccc(-c3ccc(Cl)cc3)o2)c(=O)o1. The zero-order valence-electron chi connectivity index (χ0n) is 13.2. The summed E-state index contributed by atoms with van der Waals surface area (Å²) < 4.78 is 10.5. The minimum absolute atomic E-state index is 0.224. The second-order valence-corrected chi connectivity index (χ2v) is 5.75. The first-order valence-electron chi connectivity index (χ1n) is 7.36. The molecule has 3 aromatic rings. The van der Waals surface area contributed by atoms with Gasteiger partial charge in [-0.15, -0.1) is 0 Å². The van der Waals surface area contributed by atoms with Crippen molar-refractivity contribution in [1.29, 1.82) is 0 Å². The molecule has 5 nitrogen and oxygen atoms in total. The van der Waals surface area contributed by atoms with Crippen LogP contribution in [-0.2, 0) is 0 Å². The molecule has 0 saturated carbocycles. The molecule has 0 bridgehead atoms. The summed E-state index contributed by atoms with van der Waals surface area (Å²) in [6.07, 6.45) is 2.56. The lowest BCUT2D eigenvalue weighted by atomic mass is 10.1. The van der Waals surface area contributed by atoms with Crippen LogP contribution in [-0.4, -0.2) is 10.9 Å². The Morgan fingerprint density at radius 3 is 2.52 bits per heavy atom. The van der Waals surface area contributed by atoms with E-state index in [4.69, 9.17) is 20.4 Å². The summed E-state index contributed by atoms with van der Waals surface area (Å²) in [6.45, 7) is 1.51. The first-order chi connectivity index (χ1) is 11.9. The third-order valence-electron chi connectivity index (χ3n) is 3.45. The number of hydrogen-bond acceptors (Lipinski definition) is 5. The number of ketones is 1. The van der Waals surface area contributed by atoms with Crippen LogP contribution in [0, 0.1) is 6.92 Å². The van der Waals surface area contributed by atoms with E-state index in [1.807, 2.05) is 12.1 Å². The summed E-state index contributed by atoms with van der Waals surface area (Å²) in [4.78, 5) is 23.8. The molecule has 2 aromatic heterocycles. The molecular formula is C19H13ClO5. The Kier molecular flexibility index (Phi) is 4.59. The van der Waals surface area contributed by atoms with Gasteiger partial charge in [-0.3, -0.25) is 4.79 Å². The minimum Gasteiger partial charge on any atom is -0.507 e. The maximum atomic E-state index is 12.1. The molecule has 3 rings (SSSR count). The van der Waals surface area contributed by atoms with Gasteiger partial charge < -0.3 is 13.9 Å². The molecule has 0 unspecified atom stereocenters. The molecule has 0 spiro atoms. The molecule has 1 aromatic carbocycles. The van der Waals surface area contributed by atoms with Gasteiger partial charge >= 0.3 is 5.63 Å². The number of carbonyl (C=O) groups excluding carboxylic acids is 1. The van der Waals surface area contributed by atoms with E-state index in [1.165, 1.54) is 19.1 Å². The Labute approximate surface area is 147 Å². The number of allylic oxidation sites excluding steroid dienone is 1. The van der Waals surface area contributed by atoms with E-state index in [0.717, 1.165) is 11.6 Å². The Morgan fingerprint density at radius 1 is 1.12 bits per heavy atom. The number of hydrogen-bond donors (Lipinski definition) is 1. The van der Waals surface area contributed by atoms with Crippen LogP contribution in [0.1, 0.15) is 21.9 Å². The van der Waals surface area contributed by atoms with Crippen molar-refractivity contribution < 1.29 is 18.7 Å². The van der Waals surface area contributed by atoms with E-state index in [-0.39, 0.29) is 5.76 Å². The lowest BCUT2D eigenvalue weighted by Gasteiger charge is -1.99. The van der Waals surface area contributed by atoms with Crippen LogP contribution in [0.2, 0.25) is 5.02 Å². The highest BCUT2D eigenvalue weighted by atomic mass is 35.5. The molecule has 0 aliphatic carbocycles. The fourth-order valence-corrected chi connectivity index (χ4v) is 2.40. The van der Waals surface area contributed by atoms with Crippen LogP contribution in [0.15, 0.2) is 62.2 Å². The van der Waals surface area contributed by atoms with E-state index < -0.39 is 22.7 Å². The molecule has 0 saturated heterocycles. The molecule has 6 heteroatoms. The van der Waals surface area contributed by atoms with Crippen LogP contribution in [0.25, 0.3) is 17.4 Å². The zero-order valence-corrected chi connectivity index (χ0v) is 13.9. The van der Waals surface area contributed by atoms with Crippen molar-refractivity contribution >= 4 is 23.5 Å². The van der Waals surface area contributed by atoms with Gasteiger partial charge in [0.05, 0.1) is 0 Å². The molecule has 126 valence electrons. The highest BCUT2D eigenvalue weighted by Gasteiger charge is 2.16. The lowest BCUT2D eigenvalue weighted by molar-refractivity contribution is 0.104. The Bertz CT molecular complexity index is 1010. The lowest BCUT2D eigenvalue weighted by Crippen LogP contribution is -2.12. The van der Waals surface area contributed by atoms with Gasteiger partial charge in [-0.25, -0.2) is 4.79 Å². The molecule has 0 fully saturated rings. The van der Waals surface area contributed by atoms with Crippen LogP contribution in [0.3, 0.4) is 0 Å². The van der Waals surface area contributed by atoms with E-state index in [9.17, 15) is 14.7 Å². The third kappa shape index (κ3) is 3.72. The predicted octanol–water partition coefficient (Wildman–Crippen LogP) is 4.46. The van der Waals surface area contributed by atoms with Crippen LogP contribution >= 0.6 is 11.6 Å². The van der Waals surface area contributed by atoms with Gasteiger partial charge in [-0.05, 0) is 55.5 Å². The number of aromatic hydroxyl groups is 1. The number of halogens is 1. The molecule has 1 N–H and O–H groups in total. The molecule has 0 aliphatic rings. The number of aryl methyl sites for hydroxylation is 1. The zero-order chi connectivity index (χ0) is 18.0. The van der Waals surface area contributed by atoms with Crippen molar-refractivity contribution in [3.63, 3.8) is 0 Å². The predicted molar refractivity (Wildman–Crippen MR) is 93.9 cm³/mol. The van der Waals surface area contributed by atoms with E-state index in [1.54, 1.807) is 24.3 Å². The largest absolute Gasteiger partial charge is 0.507 e. The van der Waals surface area contributed by atoms with Crippen molar-refractivity contribution in [2.75, 3.05) is 0 Å². The van der Waals surface area contributed by atoms with Gasteiger partial charge in [0.25, 0.3) is 0 Å². The quantitative estimate of drug-likeness (QED) is 0.551. The van der Waals surface area contributed by atoms with Gasteiger partial charge in [0.2, 0.25) is 0 Å². The second-order valence-electron chi connectivity index (χ2n) is 5.31. The van der Waals surface area contributed by atoms with Crippen LogP contribution < -0.4 is 5.63 Å². The molecule has 2 heterocycles. The molecular weight excluding hydrogens is 344 g/mol. The highest BCUT2D eigenvalue weighted by molar-refractivity contribution is 6.30. The Balaban J connectivity index is 1.82. The van der Waals surface area contributed by atoms with Gasteiger partial charge in [0.15, 0.2) is 5.78 Å². The van der Waals surface area contributed by atoms with Gasteiger partial charge in [0, 0.05) is 16.7 Å². The van der Waals surface area contributed by atoms with Gasteiger partial charge in [0.1, 0.15) is 28.6 Å². The van der Waals surface area contributed by atoms with Crippen molar-refractivity contribution in [1.82, 2.24) is 0 Å². The van der Waals surface area contributed by atoms with E-state index in [2.05, 4.69) is 0 Å². The second kappa shape index (κ2) is 6.83. The van der Waals surface area contributed by atoms with Gasteiger partial charge in [-0.1, -0.05) is 11.6 Å². The van der Waals surface area contributed by atoms with E-state index in [0.29, 0.717) is 16.5 Å². The average molecular weight is 357 g/mol. The smallest absolute Gasteiger partial charge is 0.351 e. The molecule has 25 heavy (non-hydrogen) atoms. The Hall–Kier alpha value is -3.05. The number of carbonyl (C=O) groups is 1. The number of furan rings is 1. The van der Waals surface area contributed by atoms with Crippen LogP contribution in [0.5, 0.6) is 5.75 Å². The number of rotatable bonds is 4. The van der Waals surface area contributed by atoms with Crippen molar-refractivity contribution in [2.24, 2.45) is 0 Å². The monoisotopic (exact) mass is 356 g/mol. The van der Waals surface area contributed by atoms with Crippen molar-refractivity contribution in [3.8, 4) is 17.1 Å². The van der Waals surface area contributed by atoms with Gasteiger partial charge in [-0.2, -0.15) is 0 Å². The normalized spacial score (nSPS) is 11.1. The molecule has 0 atom stereocenters. The summed E-state index contributed by atoms with van der Waals surface area (Å²) in [6, 6.07) is 11.8. The fourth-order valence-electron chi connectivity index (χ4n) is 2.28. The summed E-state index contributed by atoms with van der Waals surface area (Å²) in [5.41, 5.74) is -0.452. The topological polar surface area (TPSA) is 80.6 Å².